The Balaban J connectivity index is 1.04. The molecule has 4 aliphatic heterocycles. The van der Waals surface area contributed by atoms with Crippen LogP contribution in [0.5, 0.6) is 17.5 Å². The number of likely N-dealkylation sites (tertiary alicyclic amines) is 1. The van der Waals surface area contributed by atoms with E-state index in [2.05, 4.69) is 27.8 Å². The van der Waals surface area contributed by atoms with E-state index in [0.717, 1.165) is 65.0 Å². The molecule has 12 nitrogen and oxygen atoms in total. The van der Waals surface area contributed by atoms with E-state index in [0.29, 0.717) is 66.5 Å². The number of nitrogens with one attached hydrogen (secondary N) is 3. The summed E-state index contributed by atoms with van der Waals surface area (Å²) in [4.78, 5) is 40.2. The molecule has 0 saturated carbocycles. The van der Waals surface area contributed by atoms with E-state index in [-0.39, 0.29) is 29.4 Å². The Bertz CT molecular complexity index is 2030. The molecule has 3 saturated heterocycles. The molecule has 6 heterocycles. The number of rotatable bonds is 10. The number of fused-ring (bicyclic) bond motifs is 1. The Morgan fingerprint density at radius 1 is 0.980 bits per heavy atom. The van der Waals surface area contributed by atoms with Gasteiger partial charge in [0.2, 0.25) is 23.6 Å². The lowest BCUT2D eigenvalue weighted by Gasteiger charge is -2.47. The molecular formula is C38H40ClN7O5. The zero-order valence-electron chi connectivity index (χ0n) is 28.8. The average Bonchev–Trinajstić information content (AvgIpc) is 3.85. The van der Waals surface area contributed by atoms with Crippen molar-refractivity contribution in [1.82, 2.24) is 35.8 Å². The monoisotopic (exact) mass is 709 g/mol. The lowest BCUT2D eigenvalue weighted by atomic mass is 9.88. The molecule has 2 atom stereocenters. The van der Waals surface area contributed by atoms with Gasteiger partial charge in [-0.1, -0.05) is 48.0 Å². The minimum Gasteiger partial charge on any atom is -0.491 e. The fraction of sp³-hybridized carbons (Fsp3) is 0.395. The number of amides is 2. The number of ether oxygens (including phenoxy) is 3. The Hall–Kier alpha value is -4.78. The van der Waals surface area contributed by atoms with Gasteiger partial charge in [0.05, 0.1) is 54.0 Å². The second-order valence-corrected chi connectivity index (χ2v) is 14.2. The third-order valence-corrected chi connectivity index (χ3v) is 10.9. The van der Waals surface area contributed by atoms with Crippen molar-refractivity contribution in [1.29, 1.82) is 0 Å². The highest BCUT2D eigenvalue weighted by Gasteiger charge is 2.47. The van der Waals surface area contributed by atoms with Crippen molar-refractivity contribution in [2.24, 2.45) is 0 Å². The highest BCUT2D eigenvalue weighted by atomic mass is 35.5. The number of carbonyl (C=O) groups is 2. The number of aromatic nitrogens is 3. The van der Waals surface area contributed by atoms with Crippen molar-refractivity contribution >= 4 is 23.4 Å². The number of halogens is 1. The summed E-state index contributed by atoms with van der Waals surface area (Å²) in [6.45, 7) is 5.32. The van der Waals surface area contributed by atoms with Crippen LogP contribution in [-0.2, 0) is 16.1 Å². The zero-order valence-corrected chi connectivity index (χ0v) is 29.6. The fourth-order valence-electron chi connectivity index (χ4n) is 7.86. The van der Waals surface area contributed by atoms with Crippen LogP contribution in [0, 0.1) is 6.92 Å². The van der Waals surface area contributed by atoms with E-state index in [4.69, 9.17) is 40.8 Å². The number of nitrogens with zero attached hydrogens (tertiary/aromatic N) is 4. The van der Waals surface area contributed by atoms with E-state index in [1.54, 1.807) is 20.4 Å². The number of pyridine rings is 1. The molecular weight excluding hydrogens is 670 g/mol. The summed E-state index contributed by atoms with van der Waals surface area (Å²) in [6, 6.07) is 13.9. The number of carbonyl (C=O) groups excluding carboxylic acids is 2. The molecule has 13 heteroatoms. The number of benzene rings is 2. The van der Waals surface area contributed by atoms with Crippen molar-refractivity contribution in [3.8, 4) is 51.2 Å². The Morgan fingerprint density at radius 3 is 2.45 bits per heavy atom. The van der Waals surface area contributed by atoms with Gasteiger partial charge in [-0.2, -0.15) is 0 Å². The summed E-state index contributed by atoms with van der Waals surface area (Å²) in [5.41, 5.74) is 7.36. The van der Waals surface area contributed by atoms with Crippen LogP contribution in [0.3, 0.4) is 0 Å². The zero-order chi connectivity index (χ0) is 35.3. The number of methoxy groups -OCH3 is 2. The van der Waals surface area contributed by atoms with Gasteiger partial charge in [0.25, 0.3) is 0 Å². The van der Waals surface area contributed by atoms with Crippen LogP contribution in [-0.4, -0.2) is 83.7 Å². The smallest absolute Gasteiger partial charge is 0.237 e. The molecule has 8 rings (SSSR count). The molecule has 0 aliphatic carbocycles. The van der Waals surface area contributed by atoms with Gasteiger partial charge >= 0.3 is 0 Å². The lowest BCUT2D eigenvalue weighted by molar-refractivity contribution is -0.121. The predicted molar refractivity (Wildman–Crippen MR) is 192 cm³/mol. The third-order valence-electron chi connectivity index (χ3n) is 10.5. The SMILES string of the molecule is COc1nc(-c2cccc(-c3cccc(-c4cc5c(c(OC)n4)[C@@H](NC[C@@H]4CCC(=O)N4)CO5)c3Cl)c2C)cnc1CN1CC2(CCC(=O)N2)C1. The molecule has 2 aromatic carbocycles. The van der Waals surface area contributed by atoms with Gasteiger partial charge < -0.3 is 30.2 Å². The topological polar surface area (TPSA) is 140 Å². The summed E-state index contributed by atoms with van der Waals surface area (Å²) in [5.74, 6) is 1.87. The summed E-state index contributed by atoms with van der Waals surface area (Å²) in [7, 11) is 3.22. The quantitative estimate of drug-likeness (QED) is 0.214. The maximum Gasteiger partial charge on any atom is 0.237 e. The van der Waals surface area contributed by atoms with Gasteiger partial charge in [0.15, 0.2) is 0 Å². The molecule has 3 fully saturated rings. The highest BCUT2D eigenvalue weighted by molar-refractivity contribution is 6.36. The molecule has 2 amide bonds. The molecule has 0 unspecified atom stereocenters. The molecule has 0 radical (unpaired) electrons. The van der Waals surface area contributed by atoms with Gasteiger partial charge in [0, 0.05) is 67.8 Å². The molecule has 0 bridgehead atoms. The maximum atomic E-state index is 11.8. The molecule has 4 aromatic rings. The van der Waals surface area contributed by atoms with Crippen molar-refractivity contribution in [2.45, 2.75) is 56.8 Å². The molecule has 1 spiro atoms. The van der Waals surface area contributed by atoms with Crippen LogP contribution in [0.1, 0.15) is 48.5 Å². The van der Waals surface area contributed by atoms with E-state index >= 15 is 0 Å². The molecule has 2 aromatic heterocycles. The van der Waals surface area contributed by atoms with Gasteiger partial charge in [-0.3, -0.25) is 19.5 Å². The van der Waals surface area contributed by atoms with Crippen LogP contribution < -0.4 is 30.2 Å². The average molecular weight is 710 g/mol. The summed E-state index contributed by atoms with van der Waals surface area (Å²) >= 11 is 7.20. The van der Waals surface area contributed by atoms with Crippen LogP contribution in [0.25, 0.3) is 33.6 Å². The first-order valence-electron chi connectivity index (χ1n) is 17.3. The second kappa shape index (κ2) is 13.4. The van der Waals surface area contributed by atoms with E-state index in [1.807, 2.05) is 42.5 Å². The van der Waals surface area contributed by atoms with Crippen LogP contribution >= 0.6 is 11.6 Å². The summed E-state index contributed by atoms with van der Waals surface area (Å²) in [6.07, 6.45) is 4.64. The van der Waals surface area contributed by atoms with Gasteiger partial charge in [-0.15, -0.1) is 0 Å². The van der Waals surface area contributed by atoms with Crippen LogP contribution in [0.15, 0.2) is 48.7 Å². The Kier molecular flexibility index (Phi) is 8.77. The first-order valence-corrected chi connectivity index (χ1v) is 17.7. The first-order chi connectivity index (χ1) is 24.7. The Morgan fingerprint density at radius 2 is 1.73 bits per heavy atom. The molecule has 51 heavy (non-hydrogen) atoms. The standard InChI is InChI=1S/C38H40ClN7O5/c1-21-23(6-4-7-24(21)28-16-41-29(36(44-28)49-2)17-46-19-38(20-46)13-12-33(48)45-38)25-8-5-9-26(35(25)39)27-14-31-34(37(43-27)50-3)30(18-51-31)40-15-22-10-11-32(47)42-22/h4-9,14,16,22,30,40H,10-13,15,17-20H2,1-3H3,(H,42,47)(H,45,48)/t22-,30-/m0/s1. The van der Waals surface area contributed by atoms with Crippen molar-refractivity contribution in [3.05, 3.63) is 70.5 Å². The van der Waals surface area contributed by atoms with E-state index < -0.39 is 0 Å². The lowest BCUT2D eigenvalue weighted by Crippen LogP contribution is -2.66. The molecule has 3 N–H and O–H groups in total. The van der Waals surface area contributed by atoms with Crippen molar-refractivity contribution < 1.29 is 23.8 Å². The van der Waals surface area contributed by atoms with Crippen molar-refractivity contribution in [2.75, 3.05) is 40.5 Å². The van der Waals surface area contributed by atoms with E-state index in [9.17, 15) is 9.59 Å². The number of hydrogen-bond donors (Lipinski definition) is 3. The van der Waals surface area contributed by atoms with Gasteiger partial charge in [-0.05, 0) is 30.9 Å². The van der Waals surface area contributed by atoms with Gasteiger partial charge in [0.1, 0.15) is 18.1 Å². The Labute approximate surface area is 301 Å². The molecule has 264 valence electrons. The predicted octanol–water partition coefficient (Wildman–Crippen LogP) is 4.62. The van der Waals surface area contributed by atoms with E-state index in [1.165, 1.54) is 0 Å². The minimum atomic E-state index is -0.110. The highest BCUT2D eigenvalue weighted by Crippen LogP contribution is 2.44. The van der Waals surface area contributed by atoms with Crippen molar-refractivity contribution in [3.63, 3.8) is 0 Å². The second-order valence-electron chi connectivity index (χ2n) is 13.8. The van der Waals surface area contributed by atoms with Gasteiger partial charge in [-0.25, -0.2) is 9.97 Å². The number of hydrogen-bond acceptors (Lipinski definition) is 10. The largest absolute Gasteiger partial charge is 0.491 e. The third kappa shape index (κ3) is 6.25. The molecule has 4 aliphatic rings. The fourth-order valence-corrected chi connectivity index (χ4v) is 8.19. The summed E-state index contributed by atoms with van der Waals surface area (Å²) < 4.78 is 17.6. The maximum absolute atomic E-state index is 11.8. The summed E-state index contributed by atoms with van der Waals surface area (Å²) in [5, 5.41) is 10.2. The minimum absolute atomic E-state index is 0.0898. The normalized spacial score (nSPS) is 20.5. The van der Waals surface area contributed by atoms with Crippen LogP contribution in [0.2, 0.25) is 5.02 Å². The van der Waals surface area contributed by atoms with Crippen LogP contribution in [0.4, 0.5) is 0 Å². The first kappa shape index (κ1) is 33.4.